The highest BCUT2D eigenvalue weighted by atomic mass is 16.5. The lowest BCUT2D eigenvalue weighted by atomic mass is 10.2. The molecule has 7 nitrogen and oxygen atoms in total. The first-order valence-electron chi connectivity index (χ1n) is 7.64. The third kappa shape index (κ3) is 6.18. The van der Waals surface area contributed by atoms with E-state index < -0.39 is 5.91 Å². The molecule has 0 aliphatic carbocycles. The van der Waals surface area contributed by atoms with Crippen LogP contribution < -0.4 is 20.1 Å². The van der Waals surface area contributed by atoms with Gasteiger partial charge < -0.3 is 25.2 Å². The summed E-state index contributed by atoms with van der Waals surface area (Å²) < 4.78 is 10.3. The summed E-state index contributed by atoms with van der Waals surface area (Å²) in [5, 5.41) is 23.4. The summed E-state index contributed by atoms with van der Waals surface area (Å²) in [6.45, 7) is 0.807. The van der Waals surface area contributed by atoms with E-state index in [9.17, 15) is 4.79 Å². The Morgan fingerprint density at radius 3 is 2.62 bits per heavy atom. The standard InChI is InChI=1S/C17H23N3O4/c1-23-15-7-6-14(10-16(15)24-2)20-17(22)13(11-18)12-19-8-4-3-5-9-21/h6-7,10,12,19,21H,3-5,8-9H2,1-2H3,(H,20,22)/b13-12-. The Kier molecular flexibility index (Phi) is 8.79. The molecule has 0 bridgehead atoms. The van der Waals surface area contributed by atoms with Crippen LogP contribution in [-0.2, 0) is 4.79 Å². The van der Waals surface area contributed by atoms with Gasteiger partial charge in [0.05, 0.1) is 14.2 Å². The van der Waals surface area contributed by atoms with Crippen molar-refractivity contribution >= 4 is 11.6 Å². The minimum atomic E-state index is -0.507. The molecule has 0 spiro atoms. The summed E-state index contributed by atoms with van der Waals surface area (Å²) in [6, 6.07) is 6.82. The Bertz CT molecular complexity index is 608. The van der Waals surface area contributed by atoms with Crippen molar-refractivity contribution in [3.05, 3.63) is 30.0 Å². The van der Waals surface area contributed by atoms with Gasteiger partial charge in [-0.05, 0) is 31.4 Å². The molecule has 1 aromatic rings. The zero-order valence-corrected chi connectivity index (χ0v) is 14.0. The van der Waals surface area contributed by atoms with Gasteiger partial charge in [0.1, 0.15) is 11.6 Å². The maximum absolute atomic E-state index is 12.1. The smallest absolute Gasteiger partial charge is 0.267 e. The fraction of sp³-hybridized carbons (Fsp3) is 0.412. The number of aliphatic hydroxyl groups excluding tert-OH is 1. The Morgan fingerprint density at radius 1 is 1.25 bits per heavy atom. The van der Waals surface area contributed by atoms with Crippen LogP contribution in [0.5, 0.6) is 11.5 Å². The molecule has 0 saturated carbocycles. The predicted molar refractivity (Wildman–Crippen MR) is 90.8 cm³/mol. The molecular weight excluding hydrogens is 310 g/mol. The topological polar surface area (TPSA) is 104 Å². The highest BCUT2D eigenvalue weighted by Crippen LogP contribution is 2.29. The van der Waals surface area contributed by atoms with Gasteiger partial charge >= 0.3 is 0 Å². The third-order valence-corrected chi connectivity index (χ3v) is 3.23. The molecule has 0 heterocycles. The van der Waals surface area contributed by atoms with Gasteiger partial charge in [-0.2, -0.15) is 5.26 Å². The van der Waals surface area contributed by atoms with E-state index in [2.05, 4.69) is 10.6 Å². The number of carbonyl (C=O) groups excluding carboxylic acids is 1. The summed E-state index contributed by atoms with van der Waals surface area (Å²) in [7, 11) is 3.03. The van der Waals surface area contributed by atoms with Crippen molar-refractivity contribution in [2.75, 3.05) is 32.7 Å². The number of methoxy groups -OCH3 is 2. The van der Waals surface area contributed by atoms with Gasteiger partial charge in [-0.15, -0.1) is 0 Å². The number of carbonyl (C=O) groups is 1. The number of ether oxygens (including phenoxy) is 2. The number of nitrogens with one attached hydrogen (secondary N) is 2. The van der Waals surface area contributed by atoms with Crippen LogP contribution in [0.3, 0.4) is 0 Å². The van der Waals surface area contributed by atoms with Crippen LogP contribution in [0, 0.1) is 11.3 Å². The van der Waals surface area contributed by atoms with Crippen molar-refractivity contribution < 1.29 is 19.4 Å². The lowest BCUT2D eigenvalue weighted by molar-refractivity contribution is -0.112. The second-order valence-electron chi connectivity index (χ2n) is 4.93. The molecule has 0 aliphatic rings. The second-order valence-corrected chi connectivity index (χ2v) is 4.93. The number of benzene rings is 1. The molecule has 130 valence electrons. The molecule has 7 heteroatoms. The quantitative estimate of drug-likeness (QED) is 0.343. The van der Waals surface area contributed by atoms with Crippen LogP contribution in [0.25, 0.3) is 0 Å². The van der Waals surface area contributed by atoms with E-state index in [1.807, 2.05) is 6.07 Å². The fourth-order valence-electron chi connectivity index (χ4n) is 1.95. The molecule has 0 unspecified atom stereocenters. The average Bonchev–Trinajstić information content (AvgIpc) is 2.60. The van der Waals surface area contributed by atoms with Crippen LogP contribution in [0.1, 0.15) is 19.3 Å². The van der Waals surface area contributed by atoms with Crippen LogP contribution in [0.2, 0.25) is 0 Å². The maximum Gasteiger partial charge on any atom is 0.267 e. The SMILES string of the molecule is COc1ccc(NC(=O)/C(C#N)=C\NCCCCCO)cc1OC. The molecule has 1 aromatic carbocycles. The van der Waals surface area contributed by atoms with Crippen LogP contribution in [-0.4, -0.2) is 38.4 Å². The van der Waals surface area contributed by atoms with Gasteiger partial charge in [-0.25, -0.2) is 0 Å². The molecule has 0 atom stereocenters. The number of anilines is 1. The van der Waals surface area contributed by atoms with E-state index in [4.69, 9.17) is 19.8 Å². The molecule has 0 radical (unpaired) electrons. The number of unbranched alkanes of at least 4 members (excludes halogenated alkanes) is 2. The number of hydrogen-bond donors (Lipinski definition) is 3. The van der Waals surface area contributed by atoms with Gasteiger partial charge in [0.2, 0.25) is 0 Å². The predicted octanol–water partition coefficient (Wildman–Crippen LogP) is 1.80. The number of nitriles is 1. The van der Waals surface area contributed by atoms with E-state index in [-0.39, 0.29) is 12.2 Å². The minimum Gasteiger partial charge on any atom is -0.493 e. The minimum absolute atomic E-state index is 0.0213. The Hall–Kier alpha value is -2.72. The van der Waals surface area contributed by atoms with Crippen molar-refractivity contribution in [2.24, 2.45) is 0 Å². The molecule has 1 amide bonds. The van der Waals surface area contributed by atoms with Crippen LogP contribution >= 0.6 is 0 Å². The second kappa shape index (κ2) is 10.9. The van der Waals surface area contributed by atoms with Gasteiger partial charge in [0, 0.05) is 31.1 Å². The zero-order valence-electron chi connectivity index (χ0n) is 14.0. The summed E-state index contributed by atoms with van der Waals surface area (Å²) in [5.74, 6) is 0.531. The normalized spacial score (nSPS) is 10.7. The number of aliphatic hydroxyl groups is 1. The number of amides is 1. The molecule has 0 saturated heterocycles. The highest BCUT2D eigenvalue weighted by Gasteiger charge is 2.11. The van der Waals surface area contributed by atoms with Crippen molar-refractivity contribution in [3.63, 3.8) is 0 Å². The number of hydrogen-bond acceptors (Lipinski definition) is 6. The first kappa shape index (κ1) is 19.3. The molecule has 0 aliphatic heterocycles. The third-order valence-electron chi connectivity index (χ3n) is 3.23. The van der Waals surface area contributed by atoms with Crippen molar-refractivity contribution in [3.8, 4) is 17.6 Å². The van der Waals surface area contributed by atoms with Crippen LogP contribution in [0.4, 0.5) is 5.69 Å². The summed E-state index contributed by atoms with van der Waals surface area (Å²) in [5.41, 5.74) is 0.480. The monoisotopic (exact) mass is 333 g/mol. The fourth-order valence-corrected chi connectivity index (χ4v) is 1.95. The van der Waals surface area contributed by atoms with Crippen molar-refractivity contribution in [1.29, 1.82) is 5.26 Å². The van der Waals surface area contributed by atoms with Gasteiger partial charge in [-0.3, -0.25) is 4.79 Å². The first-order chi connectivity index (χ1) is 11.7. The largest absolute Gasteiger partial charge is 0.493 e. The maximum atomic E-state index is 12.1. The van der Waals surface area contributed by atoms with Gasteiger partial charge in [0.15, 0.2) is 11.5 Å². The van der Waals surface area contributed by atoms with Gasteiger partial charge in [-0.1, -0.05) is 0 Å². The molecule has 0 fully saturated rings. The first-order valence-corrected chi connectivity index (χ1v) is 7.64. The van der Waals surface area contributed by atoms with E-state index in [1.54, 1.807) is 18.2 Å². The zero-order chi connectivity index (χ0) is 17.8. The molecule has 24 heavy (non-hydrogen) atoms. The van der Waals surface area contributed by atoms with E-state index in [0.29, 0.717) is 23.7 Å². The summed E-state index contributed by atoms with van der Waals surface area (Å²) >= 11 is 0. The molecular formula is C17H23N3O4. The Morgan fingerprint density at radius 2 is 2.00 bits per heavy atom. The lowest BCUT2D eigenvalue weighted by Gasteiger charge is -2.10. The molecule has 1 rings (SSSR count). The molecule has 0 aromatic heterocycles. The number of rotatable bonds is 10. The summed E-state index contributed by atoms with van der Waals surface area (Å²) in [6.07, 6.45) is 3.88. The lowest BCUT2D eigenvalue weighted by Crippen LogP contribution is -2.17. The van der Waals surface area contributed by atoms with Gasteiger partial charge in [0.25, 0.3) is 5.91 Å². The van der Waals surface area contributed by atoms with E-state index in [0.717, 1.165) is 19.3 Å². The average molecular weight is 333 g/mol. The highest BCUT2D eigenvalue weighted by molar-refractivity contribution is 6.06. The summed E-state index contributed by atoms with van der Waals surface area (Å²) in [4.78, 5) is 12.1. The van der Waals surface area contributed by atoms with Crippen molar-refractivity contribution in [1.82, 2.24) is 5.32 Å². The Balaban J connectivity index is 2.62. The van der Waals surface area contributed by atoms with Crippen molar-refractivity contribution in [2.45, 2.75) is 19.3 Å². The molecule has 3 N–H and O–H groups in total. The number of nitrogens with zero attached hydrogens (tertiary/aromatic N) is 1. The Labute approximate surface area is 141 Å². The van der Waals surface area contributed by atoms with E-state index >= 15 is 0 Å². The van der Waals surface area contributed by atoms with E-state index in [1.165, 1.54) is 20.4 Å². The van der Waals surface area contributed by atoms with Crippen LogP contribution in [0.15, 0.2) is 30.0 Å².